The minimum atomic E-state index is -2.82. The van der Waals surface area contributed by atoms with E-state index < -0.39 is 8.25 Å². The van der Waals surface area contributed by atoms with Gasteiger partial charge in [0, 0.05) is 12.0 Å². The molecule has 2 aromatic rings. The number of ketones is 1. The molecule has 0 spiro atoms. The highest BCUT2D eigenvalue weighted by atomic mass is 31.1. The first-order chi connectivity index (χ1) is 11.2. The second-order valence-corrected chi connectivity index (χ2v) is 6.11. The fraction of sp³-hybridized carbons (Fsp3) is 0.278. The van der Waals surface area contributed by atoms with Crippen LogP contribution < -0.4 is 0 Å². The fourth-order valence-corrected chi connectivity index (χ4v) is 2.67. The van der Waals surface area contributed by atoms with E-state index in [4.69, 9.17) is 4.89 Å². The lowest BCUT2D eigenvalue weighted by atomic mass is 10.0. The number of unbranched alkanes of at least 4 members (excludes halogenated alkanes) is 2. The predicted molar refractivity (Wildman–Crippen MR) is 91.8 cm³/mol. The normalized spacial score (nSPS) is 12.0. The number of rotatable bonds is 9. The van der Waals surface area contributed by atoms with E-state index in [-0.39, 0.29) is 12.4 Å². The highest BCUT2D eigenvalue weighted by Crippen LogP contribution is 2.20. The minimum Gasteiger partial charge on any atom is -0.326 e. The molecule has 0 bridgehead atoms. The Morgan fingerprint density at radius 3 is 2.22 bits per heavy atom. The molecule has 4 nitrogen and oxygen atoms in total. The number of carbonyl (C=O) groups is 1. The SMILES string of the molecule is O=C(CCCCCO[PH](=O)O)c1ccc(-c2ccccc2)cc1. The third-order valence-corrected chi connectivity index (χ3v) is 4.04. The number of Topliss-reactive ketones (excluding diaryl/α,β-unsaturated/α-hetero) is 1. The number of hydrogen-bond acceptors (Lipinski definition) is 3. The van der Waals surface area contributed by atoms with E-state index in [2.05, 4.69) is 4.52 Å². The van der Waals surface area contributed by atoms with Gasteiger partial charge in [-0.3, -0.25) is 9.36 Å². The van der Waals surface area contributed by atoms with Crippen molar-refractivity contribution in [2.75, 3.05) is 6.61 Å². The fourth-order valence-electron chi connectivity index (χ4n) is 2.35. The van der Waals surface area contributed by atoms with Crippen molar-refractivity contribution in [3.63, 3.8) is 0 Å². The Morgan fingerprint density at radius 1 is 0.913 bits per heavy atom. The van der Waals surface area contributed by atoms with Gasteiger partial charge >= 0.3 is 8.25 Å². The minimum absolute atomic E-state index is 0.126. The van der Waals surface area contributed by atoms with Crippen molar-refractivity contribution >= 4 is 14.0 Å². The van der Waals surface area contributed by atoms with Crippen LogP contribution in [0.4, 0.5) is 0 Å². The van der Waals surface area contributed by atoms with Crippen LogP contribution in [0, 0.1) is 0 Å². The van der Waals surface area contributed by atoms with Crippen molar-refractivity contribution in [3.8, 4) is 11.1 Å². The molecule has 0 aliphatic rings. The third-order valence-electron chi connectivity index (χ3n) is 3.59. The molecule has 0 amide bonds. The van der Waals surface area contributed by atoms with Crippen molar-refractivity contribution in [1.29, 1.82) is 0 Å². The Bertz CT molecular complexity index is 638. The molecule has 5 heteroatoms. The Kier molecular flexibility index (Phi) is 7.21. The average molecular weight is 332 g/mol. The van der Waals surface area contributed by atoms with E-state index in [1.807, 2.05) is 54.6 Å². The Balaban J connectivity index is 1.78. The molecule has 122 valence electrons. The maximum absolute atomic E-state index is 12.1. The van der Waals surface area contributed by atoms with Gasteiger partial charge in [-0.1, -0.05) is 61.0 Å². The van der Waals surface area contributed by atoms with Crippen LogP contribution >= 0.6 is 8.25 Å². The molecule has 0 aromatic heterocycles. The summed E-state index contributed by atoms with van der Waals surface area (Å²) in [6.45, 7) is 0.272. The Hall–Kier alpha value is -1.74. The van der Waals surface area contributed by atoms with Gasteiger partial charge in [0.2, 0.25) is 0 Å². The Morgan fingerprint density at radius 2 is 1.57 bits per heavy atom. The molecule has 1 unspecified atom stereocenters. The second kappa shape index (κ2) is 9.41. The van der Waals surface area contributed by atoms with Gasteiger partial charge in [0.05, 0.1) is 6.61 Å². The van der Waals surface area contributed by atoms with Crippen molar-refractivity contribution in [2.24, 2.45) is 0 Å². The van der Waals surface area contributed by atoms with Crippen LogP contribution in [0.2, 0.25) is 0 Å². The average Bonchev–Trinajstić information content (AvgIpc) is 2.58. The number of benzene rings is 2. The van der Waals surface area contributed by atoms with E-state index in [1.165, 1.54) is 0 Å². The predicted octanol–water partition coefficient (Wildman–Crippen LogP) is 4.50. The molecule has 1 N–H and O–H groups in total. The maximum atomic E-state index is 12.1. The summed E-state index contributed by atoms with van der Waals surface area (Å²) in [5.74, 6) is 0.126. The summed E-state index contributed by atoms with van der Waals surface area (Å²) < 4.78 is 15.0. The molecule has 0 heterocycles. The molecule has 0 saturated heterocycles. The van der Waals surface area contributed by atoms with E-state index in [1.54, 1.807) is 0 Å². The van der Waals surface area contributed by atoms with Crippen molar-refractivity contribution < 1.29 is 18.8 Å². The largest absolute Gasteiger partial charge is 0.326 e. The van der Waals surface area contributed by atoms with Crippen LogP contribution in [0.5, 0.6) is 0 Å². The summed E-state index contributed by atoms with van der Waals surface area (Å²) in [4.78, 5) is 20.6. The first-order valence-corrected chi connectivity index (χ1v) is 8.97. The van der Waals surface area contributed by atoms with Crippen LogP contribution in [0.1, 0.15) is 36.0 Å². The van der Waals surface area contributed by atoms with E-state index in [0.717, 1.165) is 29.5 Å². The monoisotopic (exact) mass is 332 g/mol. The van der Waals surface area contributed by atoms with E-state index in [9.17, 15) is 9.36 Å². The topological polar surface area (TPSA) is 63.6 Å². The zero-order valence-electron chi connectivity index (χ0n) is 12.9. The summed E-state index contributed by atoms with van der Waals surface area (Å²) >= 11 is 0. The van der Waals surface area contributed by atoms with Gasteiger partial charge < -0.3 is 9.42 Å². The lowest BCUT2D eigenvalue weighted by Gasteiger charge is -2.04. The van der Waals surface area contributed by atoms with Gasteiger partial charge in [-0.15, -0.1) is 0 Å². The standard InChI is InChI=1S/C18H21O4P/c19-18(9-5-2-6-14-22-23(20)21)17-12-10-16(11-13-17)15-7-3-1-4-8-15/h1,3-4,7-8,10-13,23H,2,5-6,9,14H2,(H,20,21). The van der Waals surface area contributed by atoms with Crippen LogP contribution in [0.15, 0.2) is 54.6 Å². The zero-order valence-corrected chi connectivity index (χ0v) is 13.9. The molecular weight excluding hydrogens is 311 g/mol. The molecule has 0 aliphatic carbocycles. The quantitative estimate of drug-likeness (QED) is 0.417. The summed E-state index contributed by atoms with van der Waals surface area (Å²) in [5.41, 5.74) is 2.95. The molecule has 0 radical (unpaired) electrons. The van der Waals surface area contributed by atoms with Gasteiger partial charge in [0.1, 0.15) is 0 Å². The summed E-state index contributed by atoms with van der Waals surface area (Å²) in [6.07, 6.45) is 2.74. The van der Waals surface area contributed by atoms with E-state index in [0.29, 0.717) is 12.8 Å². The lowest BCUT2D eigenvalue weighted by Crippen LogP contribution is -1.99. The maximum Gasteiger partial charge on any atom is 0.316 e. The zero-order chi connectivity index (χ0) is 16.5. The first kappa shape index (κ1) is 17.6. The molecular formula is C18H21O4P. The number of hydrogen-bond donors (Lipinski definition) is 1. The van der Waals surface area contributed by atoms with Crippen molar-refractivity contribution in [1.82, 2.24) is 0 Å². The van der Waals surface area contributed by atoms with Crippen LogP contribution in [-0.4, -0.2) is 17.3 Å². The molecule has 0 aliphatic heterocycles. The first-order valence-electron chi connectivity index (χ1n) is 7.71. The smallest absolute Gasteiger partial charge is 0.316 e. The summed E-state index contributed by atoms with van der Waals surface area (Å²) in [7, 11) is -2.82. The van der Waals surface area contributed by atoms with Crippen LogP contribution in [0.3, 0.4) is 0 Å². The van der Waals surface area contributed by atoms with E-state index >= 15 is 0 Å². The molecule has 0 saturated carbocycles. The second-order valence-electron chi connectivity index (χ2n) is 5.29. The molecule has 23 heavy (non-hydrogen) atoms. The van der Waals surface area contributed by atoms with Gasteiger partial charge in [-0.05, 0) is 24.0 Å². The van der Waals surface area contributed by atoms with Crippen LogP contribution in [0.25, 0.3) is 11.1 Å². The van der Waals surface area contributed by atoms with Crippen LogP contribution in [-0.2, 0) is 9.09 Å². The van der Waals surface area contributed by atoms with Gasteiger partial charge in [0.25, 0.3) is 0 Å². The Labute approximate surface area is 137 Å². The van der Waals surface area contributed by atoms with Gasteiger partial charge in [0.15, 0.2) is 5.78 Å². The lowest BCUT2D eigenvalue weighted by molar-refractivity contribution is 0.0978. The highest BCUT2D eigenvalue weighted by molar-refractivity contribution is 7.32. The molecule has 2 aromatic carbocycles. The van der Waals surface area contributed by atoms with Gasteiger partial charge in [-0.2, -0.15) is 0 Å². The van der Waals surface area contributed by atoms with Crippen molar-refractivity contribution in [2.45, 2.75) is 25.7 Å². The third kappa shape index (κ3) is 6.11. The van der Waals surface area contributed by atoms with Gasteiger partial charge in [-0.25, -0.2) is 0 Å². The summed E-state index contributed by atoms with van der Waals surface area (Å²) in [5, 5.41) is 0. The van der Waals surface area contributed by atoms with Crippen molar-refractivity contribution in [3.05, 3.63) is 60.2 Å². The molecule has 1 atom stereocenters. The highest BCUT2D eigenvalue weighted by Gasteiger charge is 2.06. The number of carbonyl (C=O) groups excluding carboxylic acids is 1. The molecule has 2 rings (SSSR count). The molecule has 0 fully saturated rings. The summed E-state index contributed by atoms with van der Waals surface area (Å²) in [6, 6.07) is 17.7.